The number of aliphatic carboxylic acids is 1. The Morgan fingerprint density at radius 2 is 1.79 bits per heavy atom. The number of carbonyl (C=O) groups is 2. The van der Waals surface area contributed by atoms with Gasteiger partial charge in [-0.1, -0.05) is 26.2 Å². The predicted octanol–water partition coefficient (Wildman–Crippen LogP) is 5.24. The number of rotatable bonds is 12. The van der Waals surface area contributed by atoms with Crippen LogP contribution in [0, 0.1) is 5.92 Å². The summed E-state index contributed by atoms with van der Waals surface area (Å²) in [6.07, 6.45) is 6.05. The Kier molecular flexibility index (Phi) is 9.73. The molecule has 1 saturated carbocycles. The molecule has 2 aliphatic rings. The fourth-order valence-corrected chi connectivity index (χ4v) is 5.85. The number of carboxylic acids is 1. The second-order valence-electron chi connectivity index (χ2n) is 11.0. The SMILES string of the molecule is COCCN(C)c1ccc2c(c1)C(C)C(C(Nc1ccc(C(=O)N(C)CCC(=O)O)cc1)C1CCCCC1)O2. The maximum Gasteiger partial charge on any atom is 0.305 e. The van der Waals surface area contributed by atoms with Crippen molar-refractivity contribution in [3.8, 4) is 5.75 Å². The number of nitrogens with zero attached hydrogens (tertiary/aromatic N) is 2. The molecular formula is C31H43N3O5. The van der Waals surface area contributed by atoms with Gasteiger partial charge in [0.1, 0.15) is 11.9 Å². The third-order valence-electron chi connectivity index (χ3n) is 8.30. The van der Waals surface area contributed by atoms with Crippen LogP contribution in [0.4, 0.5) is 11.4 Å². The molecule has 2 aromatic carbocycles. The molecule has 1 aliphatic heterocycles. The van der Waals surface area contributed by atoms with Gasteiger partial charge in [0.05, 0.1) is 19.1 Å². The number of anilines is 2. The summed E-state index contributed by atoms with van der Waals surface area (Å²) in [6, 6.07) is 14.1. The lowest BCUT2D eigenvalue weighted by Gasteiger charge is -2.36. The van der Waals surface area contributed by atoms with E-state index in [9.17, 15) is 9.59 Å². The van der Waals surface area contributed by atoms with E-state index in [1.54, 1.807) is 14.2 Å². The molecule has 0 spiro atoms. The topological polar surface area (TPSA) is 91.3 Å². The minimum atomic E-state index is -0.914. The minimum absolute atomic E-state index is 0.00564. The second kappa shape index (κ2) is 13.2. The first-order valence-corrected chi connectivity index (χ1v) is 14.1. The summed E-state index contributed by atoms with van der Waals surface area (Å²) in [7, 11) is 5.44. The van der Waals surface area contributed by atoms with Gasteiger partial charge in [-0.3, -0.25) is 9.59 Å². The van der Waals surface area contributed by atoms with E-state index in [0.717, 1.165) is 23.7 Å². The van der Waals surface area contributed by atoms with Crippen molar-refractivity contribution in [2.24, 2.45) is 5.92 Å². The number of benzene rings is 2. The Morgan fingerprint density at radius 1 is 1.08 bits per heavy atom. The van der Waals surface area contributed by atoms with Crippen LogP contribution in [0.3, 0.4) is 0 Å². The number of fused-ring (bicyclic) bond motifs is 1. The Hall–Kier alpha value is -3.26. The highest BCUT2D eigenvalue weighted by Crippen LogP contribution is 2.44. The zero-order valence-electron chi connectivity index (χ0n) is 23.7. The molecule has 0 saturated heterocycles. The van der Waals surface area contributed by atoms with Crippen LogP contribution in [-0.2, 0) is 9.53 Å². The first-order chi connectivity index (χ1) is 18.8. The van der Waals surface area contributed by atoms with Crippen LogP contribution in [0.2, 0.25) is 0 Å². The first kappa shape index (κ1) is 28.7. The number of ether oxygens (including phenoxy) is 2. The van der Waals surface area contributed by atoms with E-state index in [0.29, 0.717) is 18.1 Å². The van der Waals surface area contributed by atoms with E-state index in [1.807, 2.05) is 24.3 Å². The lowest BCUT2D eigenvalue weighted by atomic mass is 9.78. The number of methoxy groups -OCH3 is 1. The average molecular weight is 538 g/mol. The zero-order valence-corrected chi connectivity index (χ0v) is 23.7. The number of hydrogen-bond donors (Lipinski definition) is 2. The molecule has 4 rings (SSSR count). The van der Waals surface area contributed by atoms with Gasteiger partial charge in [-0.15, -0.1) is 0 Å². The van der Waals surface area contributed by atoms with Gasteiger partial charge in [-0.2, -0.15) is 0 Å². The van der Waals surface area contributed by atoms with Gasteiger partial charge in [0.15, 0.2) is 0 Å². The number of carboxylic acid groups (broad SMARTS) is 1. The van der Waals surface area contributed by atoms with Crippen LogP contribution in [0.5, 0.6) is 5.75 Å². The van der Waals surface area contributed by atoms with Crippen LogP contribution in [-0.4, -0.2) is 74.9 Å². The van der Waals surface area contributed by atoms with Crippen molar-refractivity contribution >= 4 is 23.3 Å². The van der Waals surface area contributed by atoms with E-state index in [4.69, 9.17) is 14.6 Å². The number of hydrogen-bond acceptors (Lipinski definition) is 6. The molecule has 1 heterocycles. The Morgan fingerprint density at radius 3 is 2.46 bits per heavy atom. The monoisotopic (exact) mass is 537 g/mol. The molecule has 3 unspecified atom stereocenters. The van der Waals surface area contributed by atoms with Crippen LogP contribution in [0.1, 0.15) is 67.3 Å². The quantitative estimate of drug-likeness (QED) is 0.383. The van der Waals surface area contributed by atoms with Gasteiger partial charge < -0.3 is 29.7 Å². The highest BCUT2D eigenvalue weighted by molar-refractivity contribution is 5.94. The molecule has 1 aliphatic carbocycles. The summed E-state index contributed by atoms with van der Waals surface area (Å²) in [5.74, 6) is 0.611. The van der Waals surface area contributed by atoms with Crippen molar-refractivity contribution < 1.29 is 24.2 Å². The van der Waals surface area contributed by atoms with E-state index >= 15 is 0 Å². The Bertz CT molecular complexity index is 1120. The summed E-state index contributed by atoms with van der Waals surface area (Å²) in [4.78, 5) is 27.3. The molecule has 39 heavy (non-hydrogen) atoms. The van der Waals surface area contributed by atoms with Crippen LogP contribution in [0.15, 0.2) is 42.5 Å². The van der Waals surface area contributed by atoms with Crippen molar-refractivity contribution in [1.82, 2.24) is 4.90 Å². The van der Waals surface area contributed by atoms with E-state index in [-0.39, 0.29) is 36.9 Å². The molecule has 1 fully saturated rings. The molecule has 1 amide bonds. The van der Waals surface area contributed by atoms with Gasteiger partial charge >= 0.3 is 5.97 Å². The van der Waals surface area contributed by atoms with E-state index < -0.39 is 5.97 Å². The van der Waals surface area contributed by atoms with Gasteiger partial charge in [-0.25, -0.2) is 0 Å². The normalized spacial score (nSPS) is 19.6. The average Bonchev–Trinajstić information content (AvgIpc) is 3.28. The van der Waals surface area contributed by atoms with Crippen molar-refractivity contribution in [3.63, 3.8) is 0 Å². The number of nitrogens with one attached hydrogen (secondary N) is 1. The molecule has 8 heteroatoms. The summed E-state index contributed by atoms with van der Waals surface area (Å²) in [6.45, 7) is 3.95. The zero-order chi connectivity index (χ0) is 27.9. The van der Waals surface area contributed by atoms with Gasteiger partial charge in [0.25, 0.3) is 5.91 Å². The van der Waals surface area contributed by atoms with Crippen LogP contribution in [0.25, 0.3) is 0 Å². The number of amides is 1. The molecule has 8 nitrogen and oxygen atoms in total. The molecule has 2 N–H and O–H groups in total. The molecule has 212 valence electrons. The number of carbonyl (C=O) groups excluding carboxylic acids is 1. The molecule has 2 aromatic rings. The lowest BCUT2D eigenvalue weighted by Crippen LogP contribution is -2.44. The second-order valence-corrected chi connectivity index (χ2v) is 11.0. The first-order valence-electron chi connectivity index (χ1n) is 14.1. The minimum Gasteiger partial charge on any atom is -0.487 e. The fourth-order valence-electron chi connectivity index (χ4n) is 5.85. The maximum absolute atomic E-state index is 12.7. The summed E-state index contributed by atoms with van der Waals surface area (Å²) in [5.41, 5.74) is 3.92. The predicted molar refractivity (Wildman–Crippen MR) is 154 cm³/mol. The fraction of sp³-hybridized carbons (Fsp3) is 0.548. The third-order valence-corrected chi connectivity index (χ3v) is 8.30. The highest BCUT2D eigenvalue weighted by atomic mass is 16.5. The molecule has 0 aromatic heterocycles. The van der Waals surface area contributed by atoms with Gasteiger partial charge in [0, 0.05) is 62.7 Å². The Balaban J connectivity index is 1.50. The van der Waals surface area contributed by atoms with Gasteiger partial charge in [0.2, 0.25) is 0 Å². The summed E-state index contributed by atoms with van der Waals surface area (Å²) >= 11 is 0. The van der Waals surface area contributed by atoms with Crippen LogP contribution < -0.4 is 15.0 Å². The van der Waals surface area contributed by atoms with E-state index in [1.165, 1.54) is 42.6 Å². The Labute approximate surface area is 232 Å². The standard InChI is InChI=1S/C31H43N3O5/c1-21-26-20-25(33(2)18-19-38-4)14-15-27(26)39-30(21)29(22-8-6-5-7-9-22)32-24-12-10-23(11-13-24)31(37)34(3)17-16-28(35)36/h10-15,20-22,29-30,32H,5-9,16-19H2,1-4H3,(H,35,36). The largest absolute Gasteiger partial charge is 0.487 e. The molecule has 0 radical (unpaired) electrons. The molecule has 3 atom stereocenters. The van der Waals surface area contributed by atoms with E-state index in [2.05, 4.69) is 42.4 Å². The van der Waals surface area contributed by atoms with Gasteiger partial charge in [-0.05, 0) is 61.2 Å². The lowest BCUT2D eigenvalue weighted by molar-refractivity contribution is -0.137. The smallest absolute Gasteiger partial charge is 0.305 e. The summed E-state index contributed by atoms with van der Waals surface area (Å²) < 4.78 is 11.9. The molecule has 0 bridgehead atoms. The van der Waals surface area contributed by atoms with Crippen molar-refractivity contribution in [3.05, 3.63) is 53.6 Å². The maximum atomic E-state index is 12.7. The van der Waals surface area contributed by atoms with Crippen molar-refractivity contribution in [1.29, 1.82) is 0 Å². The van der Waals surface area contributed by atoms with Crippen LogP contribution >= 0.6 is 0 Å². The van der Waals surface area contributed by atoms with Crippen molar-refractivity contribution in [2.75, 3.05) is 51.1 Å². The number of likely N-dealkylation sites (N-methyl/N-ethyl adjacent to an activating group) is 1. The molecular weight excluding hydrogens is 494 g/mol. The highest BCUT2D eigenvalue weighted by Gasteiger charge is 2.41. The van der Waals surface area contributed by atoms with Crippen molar-refractivity contribution in [2.45, 2.75) is 63.5 Å². The summed E-state index contributed by atoms with van der Waals surface area (Å²) in [5, 5.41) is 12.7. The third kappa shape index (κ3) is 7.04.